The molecule has 16 heavy (non-hydrogen) atoms. The molecule has 4 N–H and O–H groups in total. The predicted octanol–water partition coefficient (Wildman–Crippen LogP) is 0.525. The highest BCUT2D eigenvalue weighted by molar-refractivity contribution is 4.95. The highest BCUT2D eigenvalue weighted by atomic mass is 16.3. The first-order chi connectivity index (χ1) is 7.21. The van der Waals surface area contributed by atoms with E-state index in [2.05, 4.69) is 0 Å². The molecule has 0 rings (SSSR count). The van der Waals surface area contributed by atoms with Crippen LogP contribution in [0.1, 0.15) is 40.5 Å². The van der Waals surface area contributed by atoms with Crippen molar-refractivity contribution in [1.29, 1.82) is 0 Å². The van der Waals surface area contributed by atoms with Crippen LogP contribution in [0, 0.1) is 10.8 Å². The summed E-state index contributed by atoms with van der Waals surface area (Å²) >= 11 is 0. The lowest BCUT2D eigenvalue weighted by atomic mass is 9.61. The van der Waals surface area contributed by atoms with Crippen LogP contribution >= 0.6 is 0 Å². The molecule has 2 unspecified atom stereocenters. The van der Waals surface area contributed by atoms with Gasteiger partial charge in [-0.25, -0.2) is 0 Å². The van der Waals surface area contributed by atoms with Crippen LogP contribution in [0.4, 0.5) is 0 Å². The number of aliphatic hydroxyl groups is 4. The normalized spacial score (nSPS) is 17.2. The monoisotopic (exact) mass is 234 g/mol. The zero-order chi connectivity index (χ0) is 13.0. The highest BCUT2D eigenvalue weighted by Crippen LogP contribution is 2.45. The number of hydrogen-bond donors (Lipinski definition) is 4. The molecular formula is C12H26O4. The molecule has 0 saturated carbocycles. The molecule has 0 spiro atoms. The van der Waals surface area contributed by atoms with E-state index in [1.165, 1.54) is 0 Å². The van der Waals surface area contributed by atoms with Gasteiger partial charge in [0.15, 0.2) is 0 Å². The first-order valence-corrected chi connectivity index (χ1v) is 5.79. The SMILES string of the molecule is CC(C)(C(O)CCO)C(C)(C)C(O)CCO. The van der Waals surface area contributed by atoms with Crippen molar-refractivity contribution in [3.8, 4) is 0 Å². The largest absolute Gasteiger partial charge is 0.396 e. The summed E-state index contributed by atoms with van der Waals surface area (Å²) < 4.78 is 0. The Bertz CT molecular complexity index is 179. The first kappa shape index (κ1) is 15.8. The number of hydrogen-bond acceptors (Lipinski definition) is 4. The molecule has 0 saturated heterocycles. The molecule has 0 aromatic rings. The fourth-order valence-corrected chi connectivity index (χ4v) is 1.83. The van der Waals surface area contributed by atoms with Crippen molar-refractivity contribution in [2.24, 2.45) is 10.8 Å². The van der Waals surface area contributed by atoms with E-state index in [-0.39, 0.29) is 13.2 Å². The second-order valence-electron chi connectivity index (χ2n) is 5.50. The van der Waals surface area contributed by atoms with E-state index in [9.17, 15) is 10.2 Å². The van der Waals surface area contributed by atoms with Crippen molar-refractivity contribution in [3.63, 3.8) is 0 Å². The van der Waals surface area contributed by atoms with Crippen molar-refractivity contribution < 1.29 is 20.4 Å². The summed E-state index contributed by atoms with van der Waals surface area (Å²) in [5.41, 5.74) is -1.07. The molecule has 0 heterocycles. The average molecular weight is 234 g/mol. The molecule has 0 fully saturated rings. The van der Waals surface area contributed by atoms with E-state index < -0.39 is 23.0 Å². The third kappa shape index (κ3) is 3.17. The van der Waals surface area contributed by atoms with Crippen molar-refractivity contribution in [2.75, 3.05) is 13.2 Å². The summed E-state index contributed by atoms with van der Waals surface area (Å²) in [4.78, 5) is 0. The van der Waals surface area contributed by atoms with Crippen LogP contribution in [0.15, 0.2) is 0 Å². The third-order valence-corrected chi connectivity index (χ3v) is 4.13. The molecule has 0 aromatic carbocycles. The van der Waals surface area contributed by atoms with Gasteiger partial charge in [-0.2, -0.15) is 0 Å². The second kappa shape index (κ2) is 5.96. The van der Waals surface area contributed by atoms with Crippen molar-refractivity contribution in [2.45, 2.75) is 52.7 Å². The Balaban J connectivity index is 4.81. The van der Waals surface area contributed by atoms with Gasteiger partial charge in [0, 0.05) is 13.2 Å². The Kier molecular flexibility index (Phi) is 5.90. The van der Waals surface area contributed by atoms with Crippen LogP contribution in [0.25, 0.3) is 0 Å². The fourth-order valence-electron chi connectivity index (χ4n) is 1.83. The smallest absolute Gasteiger partial charge is 0.0619 e. The second-order valence-corrected chi connectivity index (χ2v) is 5.50. The summed E-state index contributed by atoms with van der Waals surface area (Å²) in [6.07, 6.45) is -0.772. The van der Waals surface area contributed by atoms with Crippen LogP contribution in [0.3, 0.4) is 0 Å². The van der Waals surface area contributed by atoms with Gasteiger partial charge in [-0.3, -0.25) is 0 Å². The third-order valence-electron chi connectivity index (χ3n) is 4.13. The van der Waals surface area contributed by atoms with E-state index >= 15 is 0 Å². The van der Waals surface area contributed by atoms with E-state index in [1.807, 2.05) is 27.7 Å². The highest BCUT2D eigenvalue weighted by Gasteiger charge is 2.46. The topological polar surface area (TPSA) is 80.9 Å². The lowest BCUT2D eigenvalue weighted by Gasteiger charge is -2.47. The standard InChI is InChI=1S/C12H26O4/c1-11(2,9(15)5-7-13)12(3,4)10(16)6-8-14/h9-10,13-16H,5-8H2,1-4H3. The summed E-state index contributed by atoms with van der Waals surface area (Å²) in [6.45, 7) is 7.33. The molecule has 0 radical (unpaired) electrons. The van der Waals surface area contributed by atoms with Crippen molar-refractivity contribution >= 4 is 0 Å². The van der Waals surface area contributed by atoms with Crippen molar-refractivity contribution in [1.82, 2.24) is 0 Å². The van der Waals surface area contributed by atoms with Gasteiger partial charge in [0.1, 0.15) is 0 Å². The Labute approximate surface area is 97.9 Å². The van der Waals surface area contributed by atoms with Gasteiger partial charge < -0.3 is 20.4 Å². The van der Waals surface area contributed by atoms with Crippen molar-refractivity contribution in [3.05, 3.63) is 0 Å². The molecule has 4 heteroatoms. The molecule has 2 atom stereocenters. The summed E-state index contributed by atoms with van der Waals surface area (Å²) in [5.74, 6) is 0. The lowest BCUT2D eigenvalue weighted by Crippen LogP contribution is -2.49. The molecule has 0 amide bonds. The Morgan fingerprint density at radius 1 is 0.750 bits per heavy atom. The molecule has 98 valence electrons. The van der Waals surface area contributed by atoms with Crippen LogP contribution in [-0.4, -0.2) is 45.8 Å². The summed E-state index contributed by atoms with van der Waals surface area (Å²) in [7, 11) is 0. The maximum atomic E-state index is 10.00. The van der Waals surface area contributed by atoms with Crippen LogP contribution in [0.5, 0.6) is 0 Å². The molecule has 0 aliphatic heterocycles. The maximum absolute atomic E-state index is 10.00. The van der Waals surface area contributed by atoms with Gasteiger partial charge in [0.25, 0.3) is 0 Å². The maximum Gasteiger partial charge on any atom is 0.0619 e. The van der Waals surface area contributed by atoms with Gasteiger partial charge in [0.05, 0.1) is 12.2 Å². The zero-order valence-electron chi connectivity index (χ0n) is 10.8. The van der Waals surface area contributed by atoms with Gasteiger partial charge in [0.2, 0.25) is 0 Å². The van der Waals surface area contributed by atoms with Gasteiger partial charge in [-0.1, -0.05) is 27.7 Å². The Morgan fingerprint density at radius 3 is 1.19 bits per heavy atom. The molecular weight excluding hydrogens is 208 g/mol. The number of aliphatic hydroxyl groups excluding tert-OH is 4. The number of rotatable bonds is 7. The minimum Gasteiger partial charge on any atom is -0.396 e. The van der Waals surface area contributed by atoms with Crippen LogP contribution < -0.4 is 0 Å². The Hall–Kier alpha value is -0.160. The molecule has 0 aliphatic carbocycles. The van der Waals surface area contributed by atoms with Gasteiger partial charge >= 0.3 is 0 Å². The van der Waals surface area contributed by atoms with E-state index in [1.54, 1.807) is 0 Å². The van der Waals surface area contributed by atoms with Crippen LogP contribution in [-0.2, 0) is 0 Å². The summed E-state index contributed by atoms with van der Waals surface area (Å²) in [5, 5.41) is 37.7. The quantitative estimate of drug-likeness (QED) is 0.518. The minimum atomic E-state index is -0.680. The fraction of sp³-hybridized carbons (Fsp3) is 1.00. The Morgan fingerprint density at radius 2 is 1.00 bits per heavy atom. The molecule has 0 aromatic heterocycles. The lowest BCUT2D eigenvalue weighted by molar-refractivity contribution is -0.109. The zero-order valence-corrected chi connectivity index (χ0v) is 10.8. The molecule has 0 aliphatic rings. The molecule has 0 bridgehead atoms. The predicted molar refractivity (Wildman–Crippen MR) is 63.0 cm³/mol. The molecule has 4 nitrogen and oxygen atoms in total. The van der Waals surface area contributed by atoms with Crippen LogP contribution in [0.2, 0.25) is 0 Å². The average Bonchev–Trinajstić information content (AvgIpc) is 2.18. The van der Waals surface area contributed by atoms with E-state index in [4.69, 9.17) is 10.2 Å². The summed E-state index contributed by atoms with van der Waals surface area (Å²) in [6, 6.07) is 0. The van der Waals surface area contributed by atoms with Gasteiger partial charge in [-0.05, 0) is 23.7 Å². The minimum absolute atomic E-state index is 0.0726. The van der Waals surface area contributed by atoms with E-state index in [0.717, 1.165) is 0 Å². The van der Waals surface area contributed by atoms with Gasteiger partial charge in [-0.15, -0.1) is 0 Å². The first-order valence-electron chi connectivity index (χ1n) is 5.79. The van der Waals surface area contributed by atoms with E-state index in [0.29, 0.717) is 12.8 Å².